The minimum atomic E-state index is -0.0786. The molecule has 0 saturated carbocycles. The van der Waals surface area contributed by atoms with Gasteiger partial charge in [0.2, 0.25) is 0 Å². The Hall–Kier alpha value is -4.88. The van der Waals surface area contributed by atoms with Gasteiger partial charge in [0.15, 0.2) is 0 Å². The fourth-order valence-electron chi connectivity index (χ4n) is 7.56. The van der Waals surface area contributed by atoms with Gasteiger partial charge in [-0.2, -0.15) is 0 Å². The molecule has 0 fully saturated rings. The zero-order valence-corrected chi connectivity index (χ0v) is 22.6. The molecule has 0 spiro atoms. The van der Waals surface area contributed by atoms with Gasteiger partial charge in [0.25, 0.3) is 0 Å². The molecule has 0 N–H and O–H groups in total. The first-order valence-electron chi connectivity index (χ1n) is 14.1. The van der Waals surface area contributed by atoms with Gasteiger partial charge in [-0.25, -0.2) is 0 Å². The lowest BCUT2D eigenvalue weighted by Crippen LogP contribution is -2.15. The molecule has 0 bridgehead atoms. The molecule has 0 radical (unpaired) electrons. The van der Waals surface area contributed by atoms with Crippen LogP contribution in [0.15, 0.2) is 127 Å². The molecule has 9 rings (SSSR count). The first kappa shape index (κ1) is 22.0. The largest absolute Gasteiger partial charge is 0.309 e. The minimum absolute atomic E-state index is 0.0786. The summed E-state index contributed by atoms with van der Waals surface area (Å²) in [6, 6.07) is 47.3. The van der Waals surface area contributed by atoms with E-state index in [1.807, 2.05) is 0 Å². The topological polar surface area (TPSA) is 4.93 Å². The SMILES string of the molecule is CC1(C)c2ccc3c(c2-c2ccc4ccccc4c21)c1ccccc1n3-c1ccc2ccc3ccccc3c2c1. The van der Waals surface area contributed by atoms with Crippen LogP contribution in [0.3, 0.4) is 0 Å². The van der Waals surface area contributed by atoms with Crippen LogP contribution in [0.25, 0.3) is 70.9 Å². The minimum Gasteiger partial charge on any atom is -0.309 e. The Balaban J connectivity index is 1.42. The summed E-state index contributed by atoms with van der Waals surface area (Å²) in [5.41, 5.74) is 9.26. The highest BCUT2D eigenvalue weighted by atomic mass is 15.0. The maximum atomic E-state index is 2.47. The van der Waals surface area contributed by atoms with Crippen molar-refractivity contribution >= 4 is 54.1 Å². The van der Waals surface area contributed by atoms with Gasteiger partial charge in [0, 0.05) is 21.9 Å². The Morgan fingerprint density at radius 1 is 0.500 bits per heavy atom. The Morgan fingerprint density at radius 3 is 1.95 bits per heavy atom. The molecule has 1 aliphatic carbocycles. The van der Waals surface area contributed by atoms with Gasteiger partial charge < -0.3 is 4.57 Å². The van der Waals surface area contributed by atoms with E-state index in [2.05, 4.69) is 146 Å². The van der Waals surface area contributed by atoms with Crippen molar-refractivity contribution in [2.24, 2.45) is 0 Å². The third-order valence-electron chi connectivity index (χ3n) is 9.32. The van der Waals surface area contributed by atoms with Crippen molar-refractivity contribution in [1.29, 1.82) is 0 Å². The van der Waals surface area contributed by atoms with Crippen LogP contribution in [0.1, 0.15) is 25.0 Å². The molecule has 0 amide bonds. The zero-order chi connectivity index (χ0) is 26.6. The van der Waals surface area contributed by atoms with E-state index in [9.17, 15) is 0 Å². The number of hydrogen-bond donors (Lipinski definition) is 0. The van der Waals surface area contributed by atoms with Crippen molar-refractivity contribution in [3.8, 4) is 16.8 Å². The Labute approximate surface area is 232 Å². The molecular weight excluding hydrogens is 482 g/mol. The van der Waals surface area contributed by atoms with Gasteiger partial charge in [-0.15, -0.1) is 0 Å². The first-order chi connectivity index (χ1) is 19.6. The first-order valence-corrected chi connectivity index (χ1v) is 14.1. The molecule has 1 aliphatic rings. The molecule has 8 aromatic rings. The zero-order valence-electron chi connectivity index (χ0n) is 22.6. The fraction of sp³-hybridized carbons (Fsp3) is 0.0769. The maximum absolute atomic E-state index is 2.47. The van der Waals surface area contributed by atoms with E-state index in [0.717, 1.165) is 0 Å². The standard InChI is InChI=1S/C39H27N/c1-39(2)33-21-22-35-37(36(33)31-20-18-25-10-4-6-12-29(25)38(31)39)30-13-7-8-14-34(30)40(35)27-19-17-26-16-15-24-9-3-5-11-28(24)32(26)23-27/h3-23H,1-2H3. The third-order valence-corrected chi connectivity index (χ3v) is 9.32. The molecule has 0 saturated heterocycles. The summed E-state index contributed by atoms with van der Waals surface area (Å²) in [6.45, 7) is 4.78. The molecule has 0 atom stereocenters. The average Bonchev–Trinajstić information content (AvgIpc) is 3.46. The van der Waals surface area contributed by atoms with Gasteiger partial charge in [0.1, 0.15) is 0 Å². The maximum Gasteiger partial charge on any atom is 0.0547 e. The van der Waals surface area contributed by atoms with Crippen molar-refractivity contribution in [2.45, 2.75) is 19.3 Å². The van der Waals surface area contributed by atoms with Gasteiger partial charge in [-0.05, 0) is 78.8 Å². The van der Waals surface area contributed by atoms with E-state index < -0.39 is 0 Å². The second kappa shape index (κ2) is 7.61. The van der Waals surface area contributed by atoms with Crippen molar-refractivity contribution in [3.63, 3.8) is 0 Å². The number of benzene rings is 7. The number of aromatic nitrogens is 1. The van der Waals surface area contributed by atoms with Crippen LogP contribution in [-0.2, 0) is 5.41 Å². The molecule has 40 heavy (non-hydrogen) atoms. The summed E-state index contributed by atoms with van der Waals surface area (Å²) >= 11 is 0. The molecular formula is C39H27N. The second-order valence-corrected chi connectivity index (χ2v) is 11.8. The quantitative estimate of drug-likeness (QED) is 0.194. The van der Waals surface area contributed by atoms with E-state index in [0.29, 0.717) is 0 Å². The van der Waals surface area contributed by atoms with E-state index in [4.69, 9.17) is 0 Å². The Morgan fingerprint density at radius 2 is 1.12 bits per heavy atom. The molecule has 7 aromatic carbocycles. The summed E-state index contributed by atoms with van der Waals surface area (Å²) in [4.78, 5) is 0. The van der Waals surface area contributed by atoms with Crippen LogP contribution >= 0.6 is 0 Å². The van der Waals surface area contributed by atoms with Crippen molar-refractivity contribution in [1.82, 2.24) is 4.57 Å². The van der Waals surface area contributed by atoms with Crippen LogP contribution in [0.5, 0.6) is 0 Å². The highest BCUT2D eigenvalue weighted by Gasteiger charge is 2.38. The number of para-hydroxylation sites is 1. The van der Waals surface area contributed by atoms with Crippen LogP contribution in [0.4, 0.5) is 0 Å². The fourth-order valence-corrected chi connectivity index (χ4v) is 7.56. The van der Waals surface area contributed by atoms with Gasteiger partial charge in [0.05, 0.1) is 11.0 Å². The molecule has 188 valence electrons. The van der Waals surface area contributed by atoms with E-state index in [1.54, 1.807) is 0 Å². The predicted molar refractivity (Wildman–Crippen MR) is 171 cm³/mol. The summed E-state index contributed by atoms with van der Waals surface area (Å²) < 4.78 is 2.47. The lowest BCUT2D eigenvalue weighted by atomic mass is 9.80. The summed E-state index contributed by atoms with van der Waals surface area (Å²) in [5, 5.41) is 10.5. The highest BCUT2D eigenvalue weighted by Crippen LogP contribution is 2.55. The summed E-state index contributed by atoms with van der Waals surface area (Å²) in [7, 11) is 0. The molecule has 1 nitrogen and oxygen atoms in total. The number of nitrogens with zero attached hydrogens (tertiary/aromatic N) is 1. The van der Waals surface area contributed by atoms with Crippen molar-refractivity contribution < 1.29 is 0 Å². The van der Waals surface area contributed by atoms with Crippen LogP contribution < -0.4 is 0 Å². The van der Waals surface area contributed by atoms with Gasteiger partial charge in [-0.3, -0.25) is 0 Å². The van der Waals surface area contributed by atoms with Gasteiger partial charge >= 0.3 is 0 Å². The van der Waals surface area contributed by atoms with E-state index in [1.165, 1.54) is 82.1 Å². The smallest absolute Gasteiger partial charge is 0.0547 e. The predicted octanol–water partition coefficient (Wildman–Crippen LogP) is 10.5. The molecule has 1 heterocycles. The lowest BCUT2D eigenvalue weighted by Gasteiger charge is -2.23. The van der Waals surface area contributed by atoms with E-state index in [-0.39, 0.29) is 5.41 Å². The number of hydrogen-bond acceptors (Lipinski definition) is 0. The van der Waals surface area contributed by atoms with Crippen LogP contribution in [-0.4, -0.2) is 4.57 Å². The van der Waals surface area contributed by atoms with Crippen molar-refractivity contribution in [3.05, 3.63) is 139 Å². The molecule has 0 unspecified atom stereocenters. The lowest BCUT2D eigenvalue weighted by molar-refractivity contribution is 0.666. The normalized spacial score (nSPS) is 13.9. The molecule has 1 heteroatoms. The Bertz CT molecular complexity index is 2350. The van der Waals surface area contributed by atoms with Crippen LogP contribution in [0.2, 0.25) is 0 Å². The molecule has 1 aromatic heterocycles. The third kappa shape index (κ3) is 2.72. The van der Waals surface area contributed by atoms with Crippen LogP contribution in [0, 0.1) is 0 Å². The highest BCUT2D eigenvalue weighted by molar-refractivity contribution is 6.19. The number of rotatable bonds is 1. The summed E-state index contributed by atoms with van der Waals surface area (Å²) in [6.07, 6.45) is 0. The monoisotopic (exact) mass is 509 g/mol. The van der Waals surface area contributed by atoms with E-state index >= 15 is 0 Å². The average molecular weight is 510 g/mol. The molecule has 0 aliphatic heterocycles. The Kier molecular flexibility index (Phi) is 4.18. The second-order valence-electron chi connectivity index (χ2n) is 11.8. The van der Waals surface area contributed by atoms with Crippen molar-refractivity contribution in [2.75, 3.05) is 0 Å². The number of fused-ring (bicyclic) bond motifs is 12. The van der Waals surface area contributed by atoms with Gasteiger partial charge in [-0.1, -0.05) is 117 Å². The summed E-state index contributed by atoms with van der Waals surface area (Å²) in [5.74, 6) is 0.